The van der Waals surface area contributed by atoms with E-state index in [4.69, 9.17) is 10.4 Å². The molecule has 0 fully saturated rings. The molecular formula is C10H6N2O6. The lowest BCUT2D eigenvalue weighted by atomic mass is 9.99. The summed E-state index contributed by atoms with van der Waals surface area (Å²) in [5.41, 5.74) is -2.25. The van der Waals surface area contributed by atoms with Gasteiger partial charge in [-0.1, -0.05) is 0 Å². The lowest BCUT2D eigenvalue weighted by Gasteiger charge is -2.08. The quantitative estimate of drug-likeness (QED) is 0.447. The highest BCUT2D eigenvalue weighted by atomic mass is 16.6. The van der Waals surface area contributed by atoms with Crippen molar-refractivity contribution in [1.29, 1.82) is 5.26 Å². The smallest absolute Gasteiger partial charge is 0.337 e. The molecule has 18 heavy (non-hydrogen) atoms. The maximum atomic E-state index is 10.8. The molecule has 0 saturated carbocycles. The molecular weight excluding hydrogens is 244 g/mol. The Labute approximate surface area is 99.8 Å². The number of nitro groups is 1. The van der Waals surface area contributed by atoms with Crippen LogP contribution in [0.5, 0.6) is 0 Å². The van der Waals surface area contributed by atoms with E-state index in [0.717, 1.165) is 12.1 Å². The van der Waals surface area contributed by atoms with Crippen molar-refractivity contribution in [2.45, 2.75) is 6.10 Å². The van der Waals surface area contributed by atoms with E-state index in [-0.39, 0.29) is 11.8 Å². The summed E-state index contributed by atoms with van der Waals surface area (Å²) in [5.74, 6) is -1.69. The van der Waals surface area contributed by atoms with Gasteiger partial charge in [0, 0.05) is 5.56 Å². The molecule has 1 unspecified atom stereocenters. The molecule has 0 saturated heterocycles. The molecule has 0 spiro atoms. The molecule has 0 amide bonds. The third-order valence-electron chi connectivity index (χ3n) is 2.19. The fourth-order valence-corrected chi connectivity index (χ4v) is 1.39. The third-order valence-corrected chi connectivity index (χ3v) is 2.19. The van der Waals surface area contributed by atoms with Gasteiger partial charge >= 0.3 is 5.97 Å². The van der Waals surface area contributed by atoms with Gasteiger partial charge in [0.15, 0.2) is 12.4 Å². The van der Waals surface area contributed by atoms with Crippen molar-refractivity contribution in [1.82, 2.24) is 0 Å². The summed E-state index contributed by atoms with van der Waals surface area (Å²) >= 11 is 0. The summed E-state index contributed by atoms with van der Waals surface area (Å²) in [7, 11) is 0. The molecule has 0 aliphatic heterocycles. The van der Waals surface area contributed by atoms with E-state index in [0.29, 0.717) is 0 Å². The summed E-state index contributed by atoms with van der Waals surface area (Å²) in [4.78, 5) is 31.1. The number of nitrogens with zero attached hydrogens (tertiary/aromatic N) is 2. The van der Waals surface area contributed by atoms with Crippen molar-refractivity contribution in [2.24, 2.45) is 0 Å². The van der Waals surface area contributed by atoms with Gasteiger partial charge < -0.3 is 10.2 Å². The molecule has 1 aromatic rings. The van der Waals surface area contributed by atoms with Crippen LogP contribution in [-0.4, -0.2) is 27.4 Å². The topological polar surface area (TPSA) is 142 Å². The SMILES string of the molecule is N#Cc1c(C=O)ccc(C(O)C(=O)O)c1[N+](=O)[O-]. The minimum atomic E-state index is -2.14. The Kier molecular flexibility index (Phi) is 3.71. The largest absolute Gasteiger partial charge is 0.479 e. The first-order valence-corrected chi connectivity index (χ1v) is 4.51. The van der Waals surface area contributed by atoms with Gasteiger partial charge in [-0.25, -0.2) is 4.79 Å². The van der Waals surface area contributed by atoms with E-state index < -0.39 is 33.8 Å². The number of benzene rings is 1. The van der Waals surface area contributed by atoms with Crippen LogP contribution in [0.15, 0.2) is 12.1 Å². The Morgan fingerprint density at radius 2 is 2.17 bits per heavy atom. The number of aliphatic hydroxyl groups excluding tert-OH is 1. The van der Waals surface area contributed by atoms with Crippen LogP contribution in [0.2, 0.25) is 0 Å². The number of nitriles is 1. The van der Waals surface area contributed by atoms with Crippen LogP contribution in [0.25, 0.3) is 0 Å². The molecule has 8 heteroatoms. The molecule has 0 heterocycles. The zero-order valence-electron chi connectivity index (χ0n) is 8.73. The predicted octanol–water partition coefficient (Wildman–Crippen LogP) is 0.397. The number of carboxylic acid groups (broad SMARTS) is 1. The Hall–Kier alpha value is -2.79. The monoisotopic (exact) mass is 250 g/mol. The number of aliphatic carboxylic acids is 1. The summed E-state index contributed by atoms with van der Waals surface area (Å²) in [6.45, 7) is 0. The van der Waals surface area contributed by atoms with Crippen LogP contribution in [0.3, 0.4) is 0 Å². The molecule has 2 N–H and O–H groups in total. The minimum absolute atomic E-state index is 0.239. The van der Waals surface area contributed by atoms with Crippen LogP contribution >= 0.6 is 0 Å². The Morgan fingerprint density at radius 1 is 1.56 bits per heavy atom. The third kappa shape index (κ3) is 2.16. The minimum Gasteiger partial charge on any atom is -0.479 e. The number of hydrogen-bond acceptors (Lipinski definition) is 6. The lowest BCUT2D eigenvalue weighted by molar-refractivity contribution is -0.386. The van der Waals surface area contributed by atoms with Gasteiger partial charge in [-0.2, -0.15) is 5.26 Å². The highest BCUT2D eigenvalue weighted by Gasteiger charge is 2.30. The number of nitro benzene ring substituents is 1. The second-order valence-electron chi connectivity index (χ2n) is 3.20. The Morgan fingerprint density at radius 3 is 2.56 bits per heavy atom. The van der Waals surface area contributed by atoms with Crippen LogP contribution < -0.4 is 0 Å². The molecule has 0 radical (unpaired) electrons. The summed E-state index contributed by atoms with van der Waals surface area (Å²) < 4.78 is 0. The van der Waals surface area contributed by atoms with E-state index >= 15 is 0 Å². The molecule has 0 aliphatic carbocycles. The maximum absolute atomic E-state index is 10.8. The number of carboxylic acids is 1. The van der Waals surface area contributed by atoms with Gasteiger partial charge in [0.1, 0.15) is 11.6 Å². The van der Waals surface area contributed by atoms with Crippen molar-refractivity contribution < 1.29 is 24.7 Å². The molecule has 1 rings (SSSR count). The van der Waals surface area contributed by atoms with Gasteiger partial charge in [-0.15, -0.1) is 0 Å². The van der Waals surface area contributed by atoms with Crippen molar-refractivity contribution in [3.63, 3.8) is 0 Å². The second-order valence-corrected chi connectivity index (χ2v) is 3.20. The number of carbonyl (C=O) groups is 2. The van der Waals surface area contributed by atoms with Crippen molar-refractivity contribution in [2.75, 3.05) is 0 Å². The van der Waals surface area contributed by atoms with E-state index in [1.165, 1.54) is 6.07 Å². The van der Waals surface area contributed by atoms with Crippen molar-refractivity contribution in [3.05, 3.63) is 38.9 Å². The molecule has 8 nitrogen and oxygen atoms in total. The van der Waals surface area contributed by atoms with Gasteiger partial charge in [-0.05, 0) is 12.1 Å². The van der Waals surface area contributed by atoms with Crippen LogP contribution in [0, 0.1) is 21.4 Å². The average molecular weight is 250 g/mol. The molecule has 1 aromatic carbocycles. The lowest BCUT2D eigenvalue weighted by Crippen LogP contribution is -2.14. The Balaban J connectivity index is 3.65. The van der Waals surface area contributed by atoms with E-state index in [1.54, 1.807) is 0 Å². The molecule has 1 atom stereocenters. The summed E-state index contributed by atoms with van der Waals surface area (Å²) in [6, 6.07) is 3.43. The second kappa shape index (κ2) is 5.03. The zero-order valence-corrected chi connectivity index (χ0v) is 8.73. The van der Waals surface area contributed by atoms with Crippen LogP contribution in [0.1, 0.15) is 27.6 Å². The standard InChI is InChI=1S/C10H6N2O6/c11-3-7-5(4-13)1-2-6(8(7)12(17)18)9(14)10(15)16/h1-2,4,9,14H,(H,15,16). The van der Waals surface area contributed by atoms with E-state index in [9.17, 15) is 24.8 Å². The number of rotatable bonds is 4. The van der Waals surface area contributed by atoms with E-state index in [2.05, 4.69) is 0 Å². The fraction of sp³-hybridized carbons (Fsp3) is 0.100. The zero-order chi connectivity index (χ0) is 13.9. The number of aliphatic hydroxyl groups is 1. The first-order chi connectivity index (χ1) is 8.43. The number of aldehydes is 1. The molecule has 0 aliphatic rings. The van der Waals surface area contributed by atoms with Crippen LogP contribution in [0.4, 0.5) is 5.69 Å². The molecule has 0 bridgehead atoms. The average Bonchev–Trinajstić information content (AvgIpc) is 2.35. The highest BCUT2D eigenvalue weighted by molar-refractivity contribution is 5.84. The summed E-state index contributed by atoms with van der Waals surface area (Å²) in [5, 5.41) is 37.5. The normalized spacial score (nSPS) is 11.3. The van der Waals surface area contributed by atoms with Gasteiger partial charge in [0.2, 0.25) is 0 Å². The first-order valence-electron chi connectivity index (χ1n) is 4.51. The Bertz CT molecular complexity index is 574. The van der Waals surface area contributed by atoms with Gasteiger partial charge in [0.25, 0.3) is 5.69 Å². The number of carbonyl (C=O) groups excluding carboxylic acids is 1. The van der Waals surface area contributed by atoms with Gasteiger partial charge in [0.05, 0.1) is 10.5 Å². The van der Waals surface area contributed by atoms with E-state index in [1.807, 2.05) is 0 Å². The molecule has 0 aromatic heterocycles. The summed E-state index contributed by atoms with van der Waals surface area (Å²) in [6.07, 6.45) is -1.90. The first kappa shape index (κ1) is 13.3. The number of hydrogen-bond donors (Lipinski definition) is 2. The molecule has 92 valence electrons. The van der Waals surface area contributed by atoms with Crippen molar-refractivity contribution >= 4 is 17.9 Å². The fourth-order valence-electron chi connectivity index (χ4n) is 1.39. The highest BCUT2D eigenvalue weighted by Crippen LogP contribution is 2.30. The van der Waals surface area contributed by atoms with Crippen LogP contribution in [-0.2, 0) is 4.79 Å². The predicted molar refractivity (Wildman–Crippen MR) is 55.8 cm³/mol. The van der Waals surface area contributed by atoms with Gasteiger partial charge in [-0.3, -0.25) is 14.9 Å². The van der Waals surface area contributed by atoms with Crippen molar-refractivity contribution in [3.8, 4) is 6.07 Å². The maximum Gasteiger partial charge on any atom is 0.337 e.